The van der Waals surface area contributed by atoms with Gasteiger partial charge in [0.25, 0.3) is 0 Å². The van der Waals surface area contributed by atoms with Crippen molar-refractivity contribution in [3.05, 3.63) is 53.5 Å². The van der Waals surface area contributed by atoms with Gasteiger partial charge in [0.05, 0.1) is 5.69 Å². The third kappa shape index (κ3) is 3.53. The van der Waals surface area contributed by atoms with Crippen molar-refractivity contribution in [1.82, 2.24) is 24.9 Å². The summed E-state index contributed by atoms with van der Waals surface area (Å²) in [5, 5.41) is 9.60. The molecule has 0 radical (unpaired) electrons. The van der Waals surface area contributed by atoms with Gasteiger partial charge in [-0.2, -0.15) is 5.10 Å². The van der Waals surface area contributed by atoms with Crippen molar-refractivity contribution in [3.63, 3.8) is 0 Å². The molecule has 0 amide bonds. The van der Waals surface area contributed by atoms with Gasteiger partial charge in [-0.15, -0.1) is 0 Å². The molecule has 5 heteroatoms. The zero-order valence-electron chi connectivity index (χ0n) is 19.4. The molecule has 0 aliphatic heterocycles. The number of pyridine rings is 1. The number of hydrogen-bond acceptors (Lipinski definition) is 3. The first-order valence-corrected chi connectivity index (χ1v) is 12.3. The molecule has 32 heavy (non-hydrogen) atoms. The highest BCUT2D eigenvalue weighted by Gasteiger charge is 2.28. The average Bonchev–Trinajstić information content (AvgIpc) is 3.32. The summed E-state index contributed by atoms with van der Waals surface area (Å²) in [7, 11) is 0. The predicted molar refractivity (Wildman–Crippen MR) is 130 cm³/mol. The molecule has 0 saturated heterocycles. The van der Waals surface area contributed by atoms with Crippen LogP contribution in [-0.4, -0.2) is 31.7 Å². The summed E-state index contributed by atoms with van der Waals surface area (Å²) in [6, 6.07) is 10.9. The number of rotatable bonds is 5. The second-order valence-electron chi connectivity index (χ2n) is 10.3. The Morgan fingerprint density at radius 1 is 1.03 bits per heavy atom. The van der Waals surface area contributed by atoms with E-state index in [2.05, 4.69) is 71.6 Å². The molecule has 2 fully saturated rings. The lowest BCUT2D eigenvalue weighted by atomic mass is 9.81. The molecule has 0 unspecified atom stereocenters. The molecule has 4 aromatic rings. The molecule has 3 aromatic heterocycles. The molecule has 2 aliphatic carbocycles. The lowest BCUT2D eigenvalue weighted by molar-refractivity contribution is 0.341. The standard InChI is InChI=1S/C27H33N5/c1-16(2)25-23-13-19(18-4-7-21(8-5-18)30-22-9-10-22)6-11-24(23)31-26(25)20-12-17(3)27-28-15-29-32(27)14-20/h6,11-16,18,21-22,30-31H,4-5,7-10H2,1-3H3. The highest BCUT2D eigenvalue weighted by Crippen LogP contribution is 2.40. The van der Waals surface area contributed by atoms with Crippen molar-refractivity contribution in [2.24, 2.45) is 0 Å². The molecule has 2 aliphatic rings. The minimum Gasteiger partial charge on any atom is -0.354 e. The number of nitrogens with one attached hydrogen (secondary N) is 2. The lowest BCUT2D eigenvalue weighted by Crippen LogP contribution is -2.34. The third-order valence-corrected chi connectivity index (χ3v) is 7.54. The van der Waals surface area contributed by atoms with E-state index in [9.17, 15) is 0 Å². The second-order valence-corrected chi connectivity index (χ2v) is 10.3. The molecule has 2 saturated carbocycles. The Hall–Kier alpha value is -2.66. The Kier molecular flexibility index (Phi) is 4.83. The number of nitrogens with zero attached hydrogens (tertiary/aromatic N) is 3. The van der Waals surface area contributed by atoms with E-state index in [1.165, 1.54) is 71.8 Å². The van der Waals surface area contributed by atoms with Crippen molar-refractivity contribution in [1.29, 1.82) is 0 Å². The van der Waals surface area contributed by atoms with Crippen LogP contribution in [0.1, 0.15) is 80.9 Å². The van der Waals surface area contributed by atoms with Crippen molar-refractivity contribution in [2.45, 2.75) is 83.2 Å². The number of aryl methyl sites for hydroxylation is 1. The maximum Gasteiger partial charge on any atom is 0.158 e. The van der Waals surface area contributed by atoms with E-state index in [0.717, 1.165) is 23.3 Å². The van der Waals surface area contributed by atoms with E-state index < -0.39 is 0 Å². The maximum atomic E-state index is 4.38. The number of hydrogen-bond donors (Lipinski definition) is 2. The van der Waals surface area contributed by atoms with Gasteiger partial charge in [-0.05, 0) is 92.2 Å². The van der Waals surface area contributed by atoms with Crippen LogP contribution in [-0.2, 0) is 0 Å². The van der Waals surface area contributed by atoms with Gasteiger partial charge in [-0.3, -0.25) is 0 Å². The molecule has 2 N–H and O–H groups in total. The highest BCUT2D eigenvalue weighted by atomic mass is 15.3. The van der Waals surface area contributed by atoms with Crippen molar-refractivity contribution in [2.75, 3.05) is 0 Å². The second kappa shape index (κ2) is 7.73. The van der Waals surface area contributed by atoms with Crippen LogP contribution in [0.2, 0.25) is 0 Å². The minimum atomic E-state index is 0.430. The summed E-state index contributed by atoms with van der Waals surface area (Å²) in [5.41, 5.74) is 8.60. The van der Waals surface area contributed by atoms with Crippen LogP contribution in [0.5, 0.6) is 0 Å². The van der Waals surface area contributed by atoms with Crippen LogP contribution >= 0.6 is 0 Å². The summed E-state index contributed by atoms with van der Waals surface area (Å²) in [5.74, 6) is 1.11. The average molecular weight is 428 g/mol. The van der Waals surface area contributed by atoms with Crippen LogP contribution in [0.3, 0.4) is 0 Å². The van der Waals surface area contributed by atoms with Gasteiger partial charge in [0.15, 0.2) is 5.65 Å². The first-order chi connectivity index (χ1) is 15.6. The predicted octanol–water partition coefficient (Wildman–Crippen LogP) is 6.09. The lowest BCUT2D eigenvalue weighted by Gasteiger charge is -2.29. The van der Waals surface area contributed by atoms with E-state index in [4.69, 9.17) is 0 Å². The number of aromatic amines is 1. The SMILES string of the molecule is Cc1cc(-c2[nH]c3ccc(C4CCC(NC5CC5)CC4)cc3c2C(C)C)cn2ncnc12. The van der Waals surface area contributed by atoms with Gasteiger partial charge in [-0.1, -0.05) is 19.9 Å². The molecule has 5 nitrogen and oxygen atoms in total. The number of fused-ring (bicyclic) bond motifs is 2. The first-order valence-electron chi connectivity index (χ1n) is 12.3. The van der Waals surface area contributed by atoms with Crippen molar-refractivity contribution >= 4 is 16.6 Å². The molecule has 0 bridgehead atoms. The van der Waals surface area contributed by atoms with Gasteiger partial charge >= 0.3 is 0 Å². The van der Waals surface area contributed by atoms with Crippen molar-refractivity contribution in [3.8, 4) is 11.3 Å². The smallest absolute Gasteiger partial charge is 0.158 e. The minimum absolute atomic E-state index is 0.430. The Bertz CT molecular complexity index is 1270. The molecule has 3 heterocycles. The Morgan fingerprint density at radius 2 is 1.78 bits per heavy atom. The normalized spacial score (nSPS) is 21.8. The Balaban J connectivity index is 1.36. The molecule has 166 valence electrons. The van der Waals surface area contributed by atoms with Gasteiger partial charge in [-0.25, -0.2) is 9.50 Å². The number of benzene rings is 1. The molecule has 0 spiro atoms. The monoisotopic (exact) mass is 427 g/mol. The van der Waals surface area contributed by atoms with E-state index in [1.54, 1.807) is 6.33 Å². The van der Waals surface area contributed by atoms with E-state index >= 15 is 0 Å². The molecule has 6 rings (SSSR count). The topological polar surface area (TPSA) is 58.0 Å². The highest BCUT2D eigenvalue weighted by molar-refractivity contribution is 5.92. The molecular formula is C27H33N5. The fourth-order valence-electron chi connectivity index (χ4n) is 5.72. The van der Waals surface area contributed by atoms with Crippen LogP contribution < -0.4 is 5.32 Å². The largest absolute Gasteiger partial charge is 0.354 e. The van der Waals surface area contributed by atoms with E-state index in [1.807, 2.05) is 4.52 Å². The van der Waals surface area contributed by atoms with Gasteiger partial charge in [0, 0.05) is 34.7 Å². The molecule has 1 aromatic carbocycles. The van der Waals surface area contributed by atoms with Gasteiger partial charge < -0.3 is 10.3 Å². The van der Waals surface area contributed by atoms with Crippen LogP contribution in [0.4, 0.5) is 0 Å². The summed E-state index contributed by atoms with van der Waals surface area (Å²) in [6.07, 6.45) is 11.7. The van der Waals surface area contributed by atoms with E-state index in [-0.39, 0.29) is 0 Å². The Labute approximate surface area is 189 Å². The quantitative estimate of drug-likeness (QED) is 0.405. The molecular weight excluding hydrogens is 394 g/mol. The summed E-state index contributed by atoms with van der Waals surface area (Å²) >= 11 is 0. The maximum absolute atomic E-state index is 4.38. The van der Waals surface area contributed by atoms with Crippen molar-refractivity contribution < 1.29 is 0 Å². The number of aromatic nitrogens is 4. The molecule has 0 atom stereocenters. The zero-order chi connectivity index (χ0) is 21.8. The summed E-state index contributed by atoms with van der Waals surface area (Å²) in [6.45, 7) is 6.71. The van der Waals surface area contributed by atoms with Gasteiger partial charge in [0.1, 0.15) is 6.33 Å². The number of H-pyrrole nitrogens is 1. The summed E-state index contributed by atoms with van der Waals surface area (Å²) < 4.78 is 1.89. The third-order valence-electron chi connectivity index (χ3n) is 7.54. The van der Waals surface area contributed by atoms with Crippen LogP contribution in [0.25, 0.3) is 27.8 Å². The summed E-state index contributed by atoms with van der Waals surface area (Å²) in [4.78, 5) is 8.12. The van der Waals surface area contributed by atoms with E-state index in [0.29, 0.717) is 11.8 Å². The van der Waals surface area contributed by atoms with Gasteiger partial charge in [0.2, 0.25) is 0 Å². The fraction of sp³-hybridized carbons (Fsp3) is 0.481. The van der Waals surface area contributed by atoms with Crippen LogP contribution in [0.15, 0.2) is 36.8 Å². The fourth-order valence-corrected chi connectivity index (χ4v) is 5.72. The first kappa shape index (κ1) is 20.0. The Morgan fingerprint density at radius 3 is 2.50 bits per heavy atom. The zero-order valence-corrected chi connectivity index (χ0v) is 19.4. The van der Waals surface area contributed by atoms with Crippen LogP contribution in [0, 0.1) is 6.92 Å².